The number of aryl methyl sites for hydroxylation is 1. The van der Waals surface area contributed by atoms with E-state index in [-0.39, 0.29) is 6.04 Å². The number of nitrogens with zero attached hydrogens (tertiary/aromatic N) is 2. The zero-order valence-corrected chi connectivity index (χ0v) is 12.4. The Labute approximate surface area is 122 Å². The number of benzene rings is 1. The number of methoxy groups -OCH3 is 1. The molecule has 0 spiro atoms. The third kappa shape index (κ3) is 3.29. The zero-order chi connectivity index (χ0) is 14.7. The van der Waals surface area contributed by atoms with Gasteiger partial charge in [-0.1, -0.05) is 11.6 Å². The maximum Gasteiger partial charge on any atom is 0.207 e. The van der Waals surface area contributed by atoms with E-state index in [0.717, 1.165) is 5.69 Å². The minimum Gasteiger partial charge on any atom is -0.383 e. The Kier molecular flexibility index (Phi) is 4.62. The van der Waals surface area contributed by atoms with Gasteiger partial charge in [0.05, 0.1) is 24.0 Å². The van der Waals surface area contributed by atoms with Crippen LogP contribution in [0.25, 0.3) is 0 Å². The monoisotopic (exact) mass is 297 g/mol. The first-order valence-corrected chi connectivity index (χ1v) is 6.65. The summed E-state index contributed by atoms with van der Waals surface area (Å²) in [6, 6.07) is 4.58. The van der Waals surface area contributed by atoms with Gasteiger partial charge < -0.3 is 14.6 Å². The van der Waals surface area contributed by atoms with Gasteiger partial charge >= 0.3 is 0 Å². The van der Waals surface area contributed by atoms with Crippen LogP contribution in [0.1, 0.15) is 18.7 Å². The van der Waals surface area contributed by atoms with Crippen molar-refractivity contribution in [3.8, 4) is 0 Å². The molecule has 0 amide bonds. The highest BCUT2D eigenvalue weighted by Gasteiger charge is 2.13. The van der Waals surface area contributed by atoms with E-state index in [1.54, 1.807) is 19.2 Å². The molecule has 0 saturated carbocycles. The first kappa shape index (κ1) is 14.8. The van der Waals surface area contributed by atoms with Crippen molar-refractivity contribution >= 4 is 23.2 Å². The molecule has 2 aromatic rings. The predicted octanol–water partition coefficient (Wildman–Crippen LogP) is 3.94. The molecule has 0 bridgehead atoms. The minimum absolute atomic E-state index is 0.0964. The zero-order valence-electron chi connectivity index (χ0n) is 11.7. The molecule has 0 saturated heterocycles. The van der Waals surface area contributed by atoms with Gasteiger partial charge in [-0.05, 0) is 32.0 Å². The summed E-state index contributed by atoms with van der Waals surface area (Å²) in [5, 5.41) is 3.35. The lowest BCUT2D eigenvalue weighted by Crippen LogP contribution is -2.13. The summed E-state index contributed by atoms with van der Waals surface area (Å²) in [6.07, 6.45) is 1.90. The maximum absolute atomic E-state index is 13.8. The molecule has 0 radical (unpaired) electrons. The van der Waals surface area contributed by atoms with Crippen LogP contribution in [-0.2, 0) is 4.74 Å². The number of imidazole rings is 1. The van der Waals surface area contributed by atoms with Gasteiger partial charge in [-0.25, -0.2) is 9.37 Å². The number of hydrogen-bond acceptors (Lipinski definition) is 3. The smallest absolute Gasteiger partial charge is 0.207 e. The van der Waals surface area contributed by atoms with Crippen molar-refractivity contribution in [1.29, 1.82) is 0 Å². The second kappa shape index (κ2) is 6.24. The fourth-order valence-electron chi connectivity index (χ4n) is 1.98. The quantitative estimate of drug-likeness (QED) is 0.908. The first-order chi connectivity index (χ1) is 9.51. The van der Waals surface area contributed by atoms with E-state index < -0.39 is 5.82 Å². The maximum atomic E-state index is 13.8. The molecule has 1 aromatic heterocycles. The fourth-order valence-corrected chi connectivity index (χ4v) is 2.14. The number of aromatic nitrogens is 2. The van der Waals surface area contributed by atoms with E-state index >= 15 is 0 Å². The van der Waals surface area contributed by atoms with Crippen LogP contribution in [0.2, 0.25) is 5.02 Å². The van der Waals surface area contributed by atoms with Gasteiger partial charge in [0.25, 0.3) is 0 Å². The summed E-state index contributed by atoms with van der Waals surface area (Å²) in [4.78, 5) is 4.37. The first-order valence-electron chi connectivity index (χ1n) is 6.27. The van der Waals surface area contributed by atoms with Crippen molar-refractivity contribution in [3.63, 3.8) is 0 Å². The molecule has 4 nitrogen and oxygen atoms in total. The Morgan fingerprint density at radius 3 is 2.90 bits per heavy atom. The number of rotatable bonds is 5. The number of halogens is 2. The predicted molar refractivity (Wildman–Crippen MR) is 78.2 cm³/mol. The van der Waals surface area contributed by atoms with Crippen LogP contribution in [0.3, 0.4) is 0 Å². The molecule has 1 heterocycles. The van der Waals surface area contributed by atoms with E-state index in [0.29, 0.717) is 23.3 Å². The summed E-state index contributed by atoms with van der Waals surface area (Å²) in [5.74, 6) is 0.164. The average molecular weight is 298 g/mol. The van der Waals surface area contributed by atoms with Gasteiger partial charge in [0.1, 0.15) is 5.82 Å². The second-order valence-electron chi connectivity index (χ2n) is 4.67. The Hall–Kier alpha value is -1.59. The highest BCUT2D eigenvalue weighted by atomic mass is 35.5. The lowest BCUT2D eigenvalue weighted by atomic mass is 10.3. The molecule has 1 aromatic carbocycles. The Morgan fingerprint density at radius 1 is 1.50 bits per heavy atom. The third-order valence-electron chi connectivity index (χ3n) is 2.91. The van der Waals surface area contributed by atoms with Gasteiger partial charge in [0.2, 0.25) is 5.95 Å². The van der Waals surface area contributed by atoms with Crippen molar-refractivity contribution in [3.05, 3.63) is 40.9 Å². The highest BCUT2D eigenvalue weighted by Crippen LogP contribution is 2.24. The second-order valence-corrected chi connectivity index (χ2v) is 5.10. The van der Waals surface area contributed by atoms with Gasteiger partial charge in [-0.2, -0.15) is 0 Å². The molecular weight excluding hydrogens is 281 g/mol. The van der Waals surface area contributed by atoms with Crippen LogP contribution in [-0.4, -0.2) is 23.3 Å². The molecule has 0 aliphatic carbocycles. The molecule has 2 rings (SSSR count). The number of ether oxygens (including phenoxy) is 1. The standard InChI is InChI=1S/C14H17ClFN3O/c1-9-7-19(10(2)8-20-3)14(17-9)18-13-5-4-11(15)6-12(13)16/h4-7,10H,8H2,1-3H3,(H,17,18). The topological polar surface area (TPSA) is 39.1 Å². The van der Waals surface area contributed by atoms with Crippen molar-refractivity contribution in [2.75, 3.05) is 19.0 Å². The molecule has 20 heavy (non-hydrogen) atoms. The average Bonchev–Trinajstić information content (AvgIpc) is 2.74. The van der Waals surface area contributed by atoms with Crippen LogP contribution >= 0.6 is 11.6 Å². The number of nitrogens with one attached hydrogen (secondary N) is 1. The van der Waals surface area contributed by atoms with Crippen LogP contribution in [0, 0.1) is 12.7 Å². The summed E-state index contributed by atoms with van der Waals surface area (Å²) in [6.45, 7) is 4.45. The molecule has 0 aliphatic heterocycles. The largest absolute Gasteiger partial charge is 0.383 e. The summed E-state index contributed by atoms with van der Waals surface area (Å²) in [7, 11) is 1.65. The van der Waals surface area contributed by atoms with Gasteiger partial charge in [0, 0.05) is 18.3 Å². The van der Waals surface area contributed by atoms with Crippen LogP contribution in [0.5, 0.6) is 0 Å². The van der Waals surface area contributed by atoms with Gasteiger partial charge in [-0.15, -0.1) is 0 Å². The van der Waals surface area contributed by atoms with E-state index in [4.69, 9.17) is 16.3 Å². The molecule has 1 N–H and O–H groups in total. The molecule has 0 aliphatic rings. The third-order valence-corrected chi connectivity index (χ3v) is 3.15. The van der Waals surface area contributed by atoms with Crippen molar-refractivity contribution in [2.45, 2.75) is 19.9 Å². The molecule has 6 heteroatoms. The molecular formula is C14H17ClFN3O. The fraction of sp³-hybridized carbons (Fsp3) is 0.357. The molecule has 1 unspecified atom stereocenters. The molecule has 0 fully saturated rings. The van der Waals surface area contributed by atoms with E-state index in [2.05, 4.69) is 10.3 Å². The van der Waals surface area contributed by atoms with E-state index in [9.17, 15) is 4.39 Å². The summed E-state index contributed by atoms with van der Waals surface area (Å²) >= 11 is 5.74. The minimum atomic E-state index is -0.413. The van der Waals surface area contributed by atoms with Crippen LogP contribution in [0.4, 0.5) is 16.0 Å². The van der Waals surface area contributed by atoms with Gasteiger partial charge in [-0.3, -0.25) is 0 Å². The normalized spacial score (nSPS) is 12.4. The summed E-state index contributed by atoms with van der Waals surface area (Å²) in [5.41, 5.74) is 1.19. The number of anilines is 2. The Bertz CT molecular complexity index is 600. The van der Waals surface area contributed by atoms with Crippen molar-refractivity contribution < 1.29 is 9.13 Å². The lowest BCUT2D eigenvalue weighted by molar-refractivity contribution is 0.163. The van der Waals surface area contributed by atoms with Gasteiger partial charge in [0.15, 0.2) is 0 Å². The SMILES string of the molecule is COCC(C)n1cc(C)nc1Nc1ccc(Cl)cc1F. The Balaban J connectivity index is 2.29. The Morgan fingerprint density at radius 2 is 2.25 bits per heavy atom. The molecule has 108 valence electrons. The number of hydrogen-bond donors (Lipinski definition) is 1. The van der Waals surface area contributed by atoms with Crippen LogP contribution < -0.4 is 5.32 Å². The van der Waals surface area contributed by atoms with Crippen LogP contribution in [0.15, 0.2) is 24.4 Å². The highest BCUT2D eigenvalue weighted by molar-refractivity contribution is 6.30. The molecule has 1 atom stereocenters. The van der Waals surface area contributed by atoms with Crippen molar-refractivity contribution in [1.82, 2.24) is 9.55 Å². The summed E-state index contributed by atoms with van der Waals surface area (Å²) < 4.78 is 20.9. The van der Waals surface area contributed by atoms with Crippen molar-refractivity contribution in [2.24, 2.45) is 0 Å². The lowest BCUT2D eigenvalue weighted by Gasteiger charge is -2.16. The van der Waals surface area contributed by atoms with E-state index in [1.165, 1.54) is 6.07 Å². The van der Waals surface area contributed by atoms with E-state index in [1.807, 2.05) is 24.6 Å².